The van der Waals surface area contributed by atoms with E-state index in [2.05, 4.69) is 17.6 Å². The number of carbonyl (C=O) groups is 2. The first-order valence-corrected chi connectivity index (χ1v) is 7.99. The number of carbonyl (C=O) groups excluding carboxylic acids is 2. The minimum absolute atomic E-state index is 0.0974. The predicted octanol–water partition coefficient (Wildman–Crippen LogP) is 0.751. The maximum absolute atomic E-state index is 12.1. The molecule has 0 radical (unpaired) electrons. The van der Waals surface area contributed by atoms with Crippen LogP contribution >= 0.6 is 0 Å². The van der Waals surface area contributed by atoms with E-state index in [0.717, 1.165) is 52.0 Å². The molecule has 0 atom stereocenters. The van der Waals surface area contributed by atoms with Crippen molar-refractivity contribution < 1.29 is 9.59 Å². The van der Waals surface area contributed by atoms with Crippen molar-refractivity contribution in [3.05, 3.63) is 0 Å². The van der Waals surface area contributed by atoms with Crippen molar-refractivity contribution in [1.29, 1.82) is 0 Å². The zero-order valence-electron chi connectivity index (χ0n) is 12.5. The molecule has 2 fully saturated rings. The molecule has 114 valence electrons. The molecule has 0 spiro atoms. The van der Waals surface area contributed by atoms with Gasteiger partial charge in [-0.15, -0.1) is 0 Å². The van der Waals surface area contributed by atoms with Gasteiger partial charge in [0.25, 0.3) is 0 Å². The fourth-order valence-electron chi connectivity index (χ4n) is 2.81. The van der Waals surface area contributed by atoms with Crippen molar-refractivity contribution in [3.63, 3.8) is 0 Å². The molecule has 2 heterocycles. The van der Waals surface area contributed by atoms with Crippen LogP contribution in [0.1, 0.15) is 39.0 Å². The summed E-state index contributed by atoms with van der Waals surface area (Å²) >= 11 is 0. The van der Waals surface area contributed by atoms with Crippen molar-refractivity contribution in [3.8, 4) is 0 Å². The average Bonchev–Trinajstić information content (AvgIpc) is 2.41. The zero-order valence-corrected chi connectivity index (χ0v) is 12.5. The van der Waals surface area contributed by atoms with Gasteiger partial charge in [-0.25, -0.2) is 0 Å². The molecule has 20 heavy (non-hydrogen) atoms. The van der Waals surface area contributed by atoms with E-state index in [9.17, 15) is 9.59 Å². The lowest BCUT2D eigenvalue weighted by Crippen LogP contribution is -2.54. The van der Waals surface area contributed by atoms with Crippen molar-refractivity contribution in [2.45, 2.75) is 39.0 Å². The molecular formula is C15H27N3O2. The maximum atomic E-state index is 12.1. The van der Waals surface area contributed by atoms with Gasteiger partial charge in [-0.3, -0.25) is 9.59 Å². The summed E-state index contributed by atoms with van der Waals surface area (Å²) in [5, 5.41) is 6.15. The number of rotatable bonds is 6. The molecule has 0 aromatic heterocycles. The summed E-state index contributed by atoms with van der Waals surface area (Å²) < 4.78 is 0. The van der Waals surface area contributed by atoms with Gasteiger partial charge in [-0.1, -0.05) is 19.8 Å². The second kappa shape index (κ2) is 7.62. The first-order chi connectivity index (χ1) is 9.72. The van der Waals surface area contributed by atoms with Crippen LogP contribution in [-0.2, 0) is 9.59 Å². The third-order valence-corrected chi connectivity index (χ3v) is 4.39. The monoisotopic (exact) mass is 281 g/mol. The molecule has 2 N–H and O–H groups in total. The van der Waals surface area contributed by atoms with Gasteiger partial charge in [0.05, 0.1) is 5.92 Å². The second-order valence-electron chi connectivity index (χ2n) is 5.95. The topological polar surface area (TPSA) is 61.4 Å². The quantitative estimate of drug-likeness (QED) is 0.706. The first kappa shape index (κ1) is 15.3. The van der Waals surface area contributed by atoms with Crippen LogP contribution in [0.5, 0.6) is 0 Å². The molecule has 0 saturated carbocycles. The molecule has 0 aromatic carbocycles. The summed E-state index contributed by atoms with van der Waals surface area (Å²) in [7, 11) is 0. The predicted molar refractivity (Wildman–Crippen MR) is 78.2 cm³/mol. The zero-order chi connectivity index (χ0) is 14.4. The highest BCUT2D eigenvalue weighted by Gasteiger charge is 2.32. The van der Waals surface area contributed by atoms with E-state index in [4.69, 9.17) is 0 Å². The van der Waals surface area contributed by atoms with E-state index in [1.54, 1.807) is 0 Å². The largest absolute Gasteiger partial charge is 0.356 e. The highest BCUT2D eigenvalue weighted by Crippen LogP contribution is 2.20. The Bertz CT molecular complexity index is 334. The molecule has 0 bridgehead atoms. The summed E-state index contributed by atoms with van der Waals surface area (Å²) in [5.74, 6) is 0.721. The van der Waals surface area contributed by atoms with Crippen molar-refractivity contribution >= 4 is 11.8 Å². The molecule has 0 unspecified atom stereocenters. The fraction of sp³-hybridized carbons (Fsp3) is 0.867. The maximum Gasteiger partial charge on any atom is 0.228 e. The average molecular weight is 281 g/mol. The van der Waals surface area contributed by atoms with Gasteiger partial charge in [-0.2, -0.15) is 0 Å². The van der Waals surface area contributed by atoms with Crippen LogP contribution in [0.2, 0.25) is 0 Å². The van der Waals surface area contributed by atoms with Crippen LogP contribution in [0.15, 0.2) is 0 Å². The second-order valence-corrected chi connectivity index (χ2v) is 5.95. The van der Waals surface area contributed by atoms with Gasteiger partial charge in [-0.05, 0) is 19.3 Å². The standard InChI is InChI=1S/C15H27N3O2/c1-2-3-4-7-17-14(19)12-5-8-18(9-6-12)15(20)13-10-16-11-13/h12-13,16H,2-11H2,1H3,(H,17,19). The molecule has 5 nitrogen and oxygen atoms in total. The minimum Gasteiger partial charge on any atom is -0.356 e. The van der Waals surface area contributed by atoms with Crippen LogP contribution in [0.4, 0.5) is 0 Å². The minimum atomic E-state index is 0.0974. The number of likely N-dealkylation sites (tertiary alicyclic amines) is 1. The highest BCUT2D eigenvalue weighted by atomic mass is 16.2. The molecule has 2 rings (SSSR count). The Morgan fingerprint density at radius 2 is 1.85 bits per heavy atom. The summed E-state index contributed by atoms with van der Waals surface area (Å²) in [5.41, 5.74) is 0. The fourth-order valence-corrected chi connectivity index (χ4v) is 2.81. The van der Waals surface area contributed by atoms with Gasteiger partial charge in [0.1, 0.15) is 0 Å². The molecule has 2 amide bonds. The van der Waals surface area contributed by atoms with Crippen LogP contribution in [-0.4, -0.2) is 49.4 Å². The highest BCUT2D eigenvalue weighted by molar-refractivity contribution is 5.81. The van der Waals surface area contributed by atoms with E-state index < -0.39 is 0 Å². The number of hydrogen-bond donors (Lipinski definition) is 2. The third kappa shape index (κ3) is 3.95. The smallest absolute Gasteiger partial charge is 0.228 e. The lowest BCUT2D eigenvalue weighted by atomic mass is 9.93. The number of hydrogen-bond acceptors (Lipinski definition) is 3. The Balaban J connectivity index is 1.65. The van der Waals surface area contributed by atoms with Gasteiger partial charge in [0.2, 0.25) is 11.8 Å². The Morgan fingerprint density at radius 3 is 2.40 bits per heavy atom. The molecule has 2 aliphatic heterocycles. The van der Waals surface area contributed by atoms with E-state index in [-0.39, 0.29) is 23.7 Å². The number of piperidine rings is 1. The molecule has 2 aliphatic rings. The van der Waals surface area contributed by atoms with Gasteiger partial charge < -0.3 is 15.5 Å². The molecular weight excluding hydrogens is 254 g/mol. The Labute approximate surface area is 121 Å². The van der Waals surface area contributed by atoms with Crippen LogP contribution < -0.4 is 10.6 Å². The Hall–Kier alpha value is -1.10. The summed E-state index contributed by atoms with van der Waals surface area (Å²) in [6.07, 6.45) is 5.03. The van der Waals surface area contributed by atoms with Crippen LogP contribution in [0.3, 0.4) is 0 Å². The number of nitrogens with one attached hydrogen (secondary N) is 2. The number of nitrogens with zero attached hydrogens (tertiary/aromatic N) is 1. The van der Waals surface area contributed by atoms with Crippen molar-refractivity contribution in [1.82, 2.24) is 15.5 Å². The van der Waals surface area contributed by atoms with Crippen LogP contribution in [0.25, 0.3) is 0 Å². The SMILES string of the molecule is CCCCCNC(=O)C1CCN(C(=O)C2CNC2)CC1. The van der Waals surface area contributed by atoms with Gasteiger partial charge >= 0.3 is 0 Å². The summed E-state index contributed by atoms with van der Waals surface area (Å²) in [6.45, 7) is 6.06. The summed E-state index contributed by atoms with van der Waals surface area (Å²) in [6, 6.07) is 0. The third-order valence-electron chi connectivity index (χ3n) is 4.39. The van der Waals surface area contributed by atoms with E-state index in [0.29, 0.717) is 0 Å². The van der Waals surface area contributed by atoms with E-state index >= 15 is 0 Å². The van der Waals surface area contributed by atoms with Crippen molar-refractivity contribution in [2.24, 2.45) is 11.8 Å². The van der Waals surface area contributed by atoms with Crippen LogP contribution in [0, 0.1) is 11.8 Å². The Morgan fingerprint density at radius 1 is 1.15 bits per heavy atom. The number of unbranched alkanes of at least 4 members (excludes halogenated alkanes) is 2. The summed E-state index contributed by atoms with van der Waals surface area (Å²) in [4.78, 5) is 26.0. The molecule has 2 saturated heterocycles. The Kier molecular flexibility index (Phi) is 5.83. The number of amides is 2. The van der Waals surface area contributed by atoms with E-state index in [1.807, 2.05) is 4.90 Å². The molecule has 0 aromatic rings. The first-order valence-electron chi connectivity index (χ1n) is 7.99. The normalized spacial score (nSPS) is 20.6. The lowest BCUT2D eigenvalue weighted by Gasteiger charge is -2.36. The van der Waals surface area contributed by atoms with Crippen molar-refractivity contribution in [2.75, 3.05) is 32.7 Å². The molecule has 5 heteroatoms. The lowest BCUT2D eigenvalue weighted by molar-refractivity contribution is -0.140. The van der Waals surface area contributed by atoms with Gasteiger partial charge in [0.15, 0.2) is 0 Å². The van der Waals surface area contributed by atoms with E-state index in [1.165, 1.54) is 12.8 Å². The van der Waals surface area contributed by atoms with Gasteiger partial charge in [0, 0.05) is 38.6 Å². The molecule has 0 aliphatic carbocycles.